The molecule has 0 atom stereocenters. The highest BCUT2D eigenvalue weighted by atomic mass is 16.6. The molecule has 0 aliphatic carbocycles. The van der Waals surface area contributed by atoms with Gasteiger partial charge in [-0.25, -0.2) is 9.97 Å². The van der Waals surface area contributed by atoms with Crippen LogP contribution in [0.25, 0.3) is 22.5 Å². The van der Waals surface area contributed by atoms with Gasteiger partial charge >= 0.3 is 0 Å². The van der Waals surface area contributed by atoms with E-state index in [4.69, 9.17) is 0 Å². The zero-order chi connectivity index (χ0) is 20.9. The van der Waals surface area contributed by atoms with Crippen LogP contribution in [0.15, 0.2) is 91.0 Å². The lowest BCUT2D eigenvalue weighted by atomic mass is 10.1. The second-order valence-electron chi connectivity index (χ2n) is 6.45. The number of nitrogens with zero attached hydrogens (tertiary/aromatic N) is 3. The zero-order valence-electron chi connectivity index (χ0n) is 15.7. The summed E-state index contributed by atoms with van der Waals surface area (Å²) in [7, 11) is 0. The topological polar surface area (TPSA) is 98.0 Å². The van der Waals surface area contributed by atoms with Gasteiger partial charge in [0.15, 0.2) is 0 Å². The first-order valence-corrected chi connectivity index (χ1v) is 9.16. The van der Waals surface area contributed by atoms with Crippen molar-refractivity contribution in [2.24, 2.45) is 0 Å². The SMILES string of the molecule is O=C(Nc1ccc([N+](=O)[O-])cc1)c1nc(-c2ccccc2)cc(-c2ccccc2)n1. The van der Waals surface area contributed by atoms with E-state index in [0.717, 1.165) is 11.1 Å². The quantitative estimate of drug-likeness (QED) is 0.379. The Bertz CT molecular complexity index is 1140. The predicted molar refractivity (Wildman–Crippen MR) is 114 cm³/mol. The molecule has 4 rings (SSSR count). The Morgan fingerprint density at radius 3 is 1.73 bits per heavy atom. The van der Waals surface area contributed by atoms with Crippen molar-refractivity contribution in [1.29, 1.82) is 0 Å². The summed E-state index contributed by atoms with van der Waals surface area (Å²) in [4.78, 5) is 32.0. The number of nitrogens with one attached hydrogen (secondary N) is 1. The molecule has 4 aromatic rings. The van der Waals surface area contributed by atoms with Crippen LogP contribution >= 0.6 is 0 Å². The lowest BCUT2D eigenvalue weighted by molar-refractivity contribution is -0.384. The molecule has 0 saturated carbocycles. The standard InChI is InChI=1S/C23H16N4O3/c28-23(24-18-11-13-19(14-12-18)27(29)30)22-25-20(16-7-3-1-4-8-16)15-21(26-22)17-9-5-2-6-10-17/h1-15H,(H,24,28). The minimum Gasteiger partial charge on any atom is -0.319 e. The van der Waals surface area contributed by atoms with E-state index in [1.165, 1.54) is 24.3 Å². The van der Waals surface area contributed by atoms with Crippen LogP contribution < -0.4 is 5.32 Å². The number of hydrogen-bond donors (Lipinski definition) is 1. The Morgan fingerprint density at radius 1 is 0.767 bits per heavy atom. The number of hydrogen-bond acceptors (Lipinski definition) is 5. The molecule has 0 fully saturated rings. The van der Waals surface area contributed by atoms with E-state index >= 15 is 0 Å². The molecule has 0 aliphatic heterocycles. The number of amides is 1. The number of carbonyl (C=O) groups is 1. The van der Waals surface area contributed by atoms with Crippen LogP contribution in [0.3, 0.4) is 0 Å². The molecule has 0 bridgehead atoms. The highest BCUT2D eigenvalue weighted by Gasteiger charge is 2.15. The number of nitro benzene ring substituents is 1. The number of nitro groups is 1. The van der Waals surface area contributed by atoms with Crippen LogP contribution in [0.5, 0.6) is 0 Å². The van der Waals surface area contributed by atoms with Crippen LogP contribution in [0.4, 0.5) is 11.4 Å². The van der Waals surface area contributed by atoms with Crippen molar-refractivity contribution in [2.45, 2.75) is 0 Å². The summed E-state index contributed by atoms with van der Waals surface area (Å²) in [5, 5.41) is 13.5. The summed E-state index contributed by atoms with van der Waals surface area (Å²) in [5.74, 6) is -0.493. The molecular weight excluding hydrogens is 380 g/mol. The number of benzene rings is 3. The Balaban J connectivity index is 1.71. The van der Waals surface area contributed by atoms with Crippen molar-refractivity contribution in [3.63, 3.8) is 0 Å². The van der Waals surface area contributed by atoms with Crippen LogP contribution in [0.2, 0.25) is 0 Å². The average Bonchev–Trinajstić information content (AvgIpc) is 2.80. The van der Waals surface area contributed by atoms with Crippen molar-refractivity contribution in [3.05, 3.63) is 107 Å². The Morgan fingerprint density at radius 2 is 1.27 bits per heavy atom. The summed E-state index contributed by atoms with van der Waals surface area (Å²) < 4.78 is 0. The molecule has 0 spiro atoms. The van der Waals surface area contributed by atoms with Gasteiger partial charge in [-0.1, -0.05) is 60.7 Å². The van der Waals surface area contributed by atoms with E-state index in [1.807, 2.05) is 66.7 Å². The fourth-order valence-electron chi connectivity index (χ4n) is 2.92. The van der Waals surface area contributed by atoms with Crippen molar-refractivity contribution >= 4 is 17.3 Å². The first-order valence-electron chi connectivity index (χ1n) is 9.16. The van der Waals surface area contributed by atoms with E-state index < -0.39 is 10.8 Å². The Hall–Kier alpha value is -4.39. The monoisotopic (exact) mass is 396 g/mol. The van der Waals surface area contributed by atoms with Crippen LogP contribution in [-0.4, -0.2) is 20.8 Å². The summed E-state index contributed by atoms with van der Waals surface area (Å²) in [5.41, 5.74) is 3.34. The first-order chi connectivity index (χ1) is 14.6. The third-order valence-electron chi connectivity index (χ3n) is 4.40. The summed E-state index contributed by atoms with van der Waals surface area (Å²) in [6, 6.07) is 26.5. The van der Waals surface area contributed by atoms with Crippen molar-refractivity contribution in [3.8, 4) is 22.5 Å². The number of non-ortho nitro benzene ring substituents is 1. The van der Waals surface area contributed by atoms with E-state index in [-0.39, 0.29) is 11.5 Å². The molecule has 1 aromatic heterocycles. The minimum absolute atomic E-state index is 0.00792. The van der Waals surface area contributed by atoms with Crippen LogP contribution in [-0.2, 0) is 0 Å². The maximum Gasteiger partial charge on any atom is 0.293 e. The van der Waals surface area contributed by atoms with Gasteiger partial charge in [-0.05, 0) is 18.2 Å². The largest absolute Gasteiger partial charge is 0.319 e. The normalized spacial score (nSPS) is 10.4. The highest BCUT2D eigenvalue weighted by molar-refractivity contribution is 6.02. The number of rotatable bonds is 5. The van der Waals surface area contributed by atoms with Gasteiger partial charge in [0.2, 0.25) is 5.82 Å². The van der Waals surface area contributed by atoms with Gasteiger partial charge < -0.3 is 5.32 Å². The van der Waals surface area contributed by atoms with Gasteiger partial charge in [0.05, 0.1) is 16.3 Å². The Kier molecular flexibility index (Phi) is 5.25. The van der Waals surface area contributed by atoms with E-state index in [9.17, 15) is 14.9 Å². The third kappa shape index (κ3) is 4.20. The highest BCUT2D eigenvalue weighted by Crippen LogP contribution is 2.24. The smallest absolute Gasteiger partial charge is 0.293 e. The molecule has 1 N–H and O–H groups in total. The van der Waals surface area contributed by atoms with Crippen molar-refractivity contribution in [1.82, 2.24) is 9.97 Å². The molecule has 0 aliphatic rings. The molecule has 3 aromatic carbocycles. The molecule has 146 valence electrons. The van der Waals surface area contributed by atoms with Crippen LogP contribution in [0.1, 0.15) is 10.6 Å². The average molecular weight is 396 g/mol. The van der Waals surface area contributed by atoms with Crippen molar-refractivity contribution < 1.29 is 9.72 Å². The number of aromatic nitrogens is 2. The van der Waals surface area contributed by atoms with Gasteiger partial charge in [-0.3, -0.25) is 14.9 Å². The molecule has 7 heteroatoms. The molecule has 1 heterocycles. The van der Waals surface area contributed by atoms with Gasteiger partial charge in [-0.2, -0.15) is 0 Å². The van der Waals surface area contributed by atoms with Gasteiger partial charge in [-0.15, -0.1) is 0 Å². The third-order valence-corrected chi connectivity index (χ3v) is 4.40. The lowest BCUT2D eigenvalue weighted by Crippen LogP contribution is -2.16. The first kappa shape index (κ1) is 18.9. The molecule has 0 unspecified atom stereocenters. The molecule has 0 radical (unpaired) electrons. The molecular formula is C23H16N4O3. The van der Waals surface area contributed by atoms with Gasteiger partial charge in [0, 0.05) is 28.9 Å². The fourth-order valence-corrected chi connectivity index (χ4v) is 2.92. The maximum atomic E-state index is 12.8. The molecule has 1 amide bonds. The minimum atomic E-state index is -0.501. The summed E-state index contributed by atoms with van der Waals surface area (Å²) >= 11 is 0. The molecule has 30 heavy (non-hydrogen) atoms. The number of carbonyl (C=O) groups excluding carboxylic acids is 1. The summed E-state index contributed by atoms with van der Waals surface area (Å²) in [6.45, 7) is 0. The lowest BCUT2D eigenvalue weighted by Gasteiger charge is -2.09. The predicted octanol–water partition coefficient (Wildman–Crippen LogP) is 4.97. The second kappa shape index (κ2) is 8.32. The number of anilines is 1. The molecule has 7 nitrogen and oxygen atoms in total. The van der Waals surface area contributed by atoms with Gasteiger partial charge in [0.25, 0.3) is 11.6 Å². The summed E-state index contributed by atoms with van der Waals surface area (Å²) in [6.07, 6.45) is 0. The van der Waals surface area contributed by atoms with E-state index in [2.05, 4.69) is 15.3 Å². The molecule has 0 saturated heterocycles. The van der Waals surface area contributed by atoms with E-state index in [0.29, 0.717) is 17.1 Å². The van der Waals surface area contributed by atoms with Crippen LogP contribution in [0, 0.1) is 10.1 Å². The maximum absolute atomic E-state index is 12.8. The Labute approximate surface area is 172 Å². The second-order valence-corrected chi connectivity index (χ2v) is 6.45. The van der Waals surface area contributed by atoms with Crippen molar-refractivity contribution in [2.75, 3.05) is 5.32 Å². The van der Waals surface area contributed by atoms with Gasteiger partial charge in [0.1, 0.15) is 0 Å². The zero-order valence-corrected chi connectivity index (χ0v) is 15.7. The fraction of sp³-hybridized carbons (Fsp3) is 0. The van der Waals surface area contributed by atoms with E-state index in [1.54, 1.807) is 0 Å².